The van der Waals surface area contributed by atoms with E-state index in [0.29, 0.717) is 18.5 Å². The Kier molecular flexibility index (Phi) is 7.50. The summed E-state index contributed by atoms with van der Waals surface area (Å²) >= 11 is 0. The summed E-state index contributed by atoms with van der Waals surface area (Å²) in [7, 11) is 0. The molecular formula is C26H28N2O3. The van der Waals surface area contributed by atoms with Gasteiger partial charge in [-0.25, -0.2) is 9.59 Å². The van der Waals surface area contributed by atoms with Crippen LogP contribution in [-0.2, 0) is 19.5 Å². The minimum Gasteiger partial charge on any atom is -0.478 e. The second-order valence-electron chi connectivity index (χ2n) is 7.54. The number of unbranched alkanes of at least 4 members (excludes halogenated alkanes) is 2. The Labute approximate surface area is 183 Å². The Balaban J connectivity index is 1.87. The Morgan fingerprint density at radius 2 is 1.81 bits per heavy atom. The summed E-state index contributed by atoms with van der Waals surface area (Å²) in [6, 6.07) is 14.7. The molecule has 3 rings (SSSR count). The molecule has 0 aliphatic rings. The molecule has 0 aliphatic carbocycles. The van der Waals surface area contributed by atoms with E-state index in [1.54, 1.807) is 34.3 Å². The maximum atomic E-state index is 13.0. The summed E-state index contributed by atoms with van der Waals surface area (Å²) in [5, 5.41) is 9.44. The quantitative estimate of drug-likeness (QED) is 0.402. The smallest absolute Gasteiger partial charge is 0.336 e. The molecule has 5 nitrogen and oxygen atoms in total. The molecule has 5 heteroatoms. The molecule has 31 heavy (non-hydrogen) atoms. The first-order valence-electron chi connectivity index (χ1n) is 10.6. The molecule has 0 saturated carbocycles. The maximum Gasteiger partial charge on any atom is 0.336 e. The van der Waals surface area contributed by atoms with E-state index in [1.165, 1.54) is 0 Å². The lowest BCUT2D eigenvalue weighted by atomic mass is 9.99. The van der Waals surface area contributed by atoms with Crippen molar-refractivity contribution in [1.29, 1.82) is 0 Å². The zero-order valence-electron chi connectivity index (χ0n) is 18.1. The number of aromatic carboxylic acids is 1. The SMILES string of the molecule is CC#CCc1cn(CCCCC)c(=O)n1Cc1ccc(-c2ccccc2C(=O)O)cc1. The molecule has 0 unspecified atom stereocenters. The fraction of sp³-hybridized carbons (Fsp3) is 0.308. The van der Waals surface area contributed by atoms with Crippen LogP contribution in [0.4, 0.5) is 0 Å². The lowest BCUT2D eigenvalue weighted by Crippen LogP contribution is -2.25. The summed E-state index contributed by atoms with van der Waals surface area (Å²) in [5.74, 6) is 5.03. The predicted molar refractivity (Wildman–Crippen MR) is 123 cm³/mol. The summed E-state index contributed by atoms with van der Waals surface area (Å²) < 4.78 is 3.58. The molecule has 1 aromatic heterocycles. The molecule has 0 atom stereocenters. The Morgan fingerprint density at radius 3 is 2.48 bits per heavy atom. The van der Waals surface area contributed by atoms with E-state index < -0.39 is 5.97 Å². The van der Waals surface area contributed by atoms with Gasteiger partial charge in [0, 0.05) is 12.7 Å². The molecule has 0 bridgehead atoms. The minimum absolute atomic E-state index is 0.00990. The van der Waals surface area contributed by atoms with Crippen LogP contribution in [0.5, 0.6) is 0 Å². The van der Waals surface area contributed by atoms with Gasteiger partial charge in [-0.1, -0.05) is 68.2 Å². The van der Waals surface area contributed by atoms with Crippen molar-refractivity contribution in [3.63, 3.8) is 0 Å². The first-order valence-corrected chi connectivity index (χ1v) is 10.6. The lowest BCUT2D eigenvalue weighted by Gasteiger charge is -2.09. The van der Waals surface area contributed by atoms with Gasteiger partial charge < -0.3 is 5.11 Å². The second-order valence-corrected chi connectivity index (χ2v) is 7.54. The van der Waals surface area contributed by atoms with Crippen molar-refractivity contribution >= 4 is 5.97 Å². The highest BCUT2D eigenvalue weighted by Gasteiger charge is 2.13. The van der Waals surface area contributed by atoms with Crippen LogP contribution in [0, 0.1) is 11.8 Å². The monoisotopic (exact) mass is 416 g/mol. The van der Waals surface area contributed by atoms with Gasteiger partial charge in [0.05, 0.1) is 24.2 Å². The van der Waals surface area contributed by atoms with E-state index in [2.05, 4.69) is 18.8 Å². The van der Waals surface area contributed by atoms with Crippen LogP contribution in [0.25, 0.3) is 11.1 Å². The average molecular weight is 417 g/mol. The van der Waals surface area contributed by atoms with Crippen molar-refractivity contribution in [2.24, 2.45) is 0 Å². The average Bonchev–Trinajstić information content (AvgIpc) is 3.07. The van der Waals surface area contributed by atoms with Gasteiger partial charge in [0.15, 0.2) is 0 Å². The van der Waals surface area contributed by atoms with Crippen molar-refractivity contribution in [3.05, 3.63) is 82.0 Å². The van der Waals surface area contributed by atoms with Crippen LogP contribution in [0.15, 0.2) is 59.5 Å². The molecule has 0 saturated heterocycles. The summed E-state index contributed by atoms with van der Waals surface area (Å²) in [4.78, 5) is 24.5. The number of carboxylic acid groups (broad SMARTS) is 1. The van der Waals surface area contributed by atoms with Crippen molar-refractivity contribution in [2.75, 3.05) is 0 Å². The van der Waals surface area contributed by atoms with Crippen LogP contribution in [0.3, 0.4) is 0 Å². The number of carboxylic acids is 1. The molecular weight excluding hydrogens is 388 g/mol. The summed E-state index contributed by atoms with van der Waals surface area (Å²) in [5.41, 5.74) is 3.68. The van der Waals surface area contributed by atoms with Gasteiger partial charge in [-0.2, -0.15) is 0 Å². The van der Waals surface area contributed by atoms with Gasteiger partial charge in [0.25, 0.3) is 0 Å². The van der Waals surface area contributed by atoms with E-state index in [-0.39, 0.29) is 11.3 Å². The van der Waals surface area contributed by atoms with Gasteiger partial charge in [0.2, 0.25) is 0 Å². The Morgan fingerprint density at radius 1 is 1.06 bits per heavy atom. The number of benzene rings is 2. The van der Waals surface area contributed by atoms with E-state index in [0.717, 1.165) is 42.6 Å². The molecule has 160 valence electrons. The number of aromatic nitrogens is 2. The molecule has 0 spiro atoms. The van der Waals surface area contributed by atoms with Crippen molar-refractivity contribution < 1.29 is 9.90 Å². The largest absolute Gasteiger partial charge is 0.478 e. The molecule has 0 aliphatic heterocycles. The van der Waals surface area contributed by atoms with E-state index >= 15 is 0 Å². The van der Waals surface area contributed by atoms with E-state index in [1.807, 2.05) is 36.5 Å². The molecule has 0 amide bonds. The molecule has 1 N–H and O–H groups in total. The second kappa shape index (κ2) is 10.5. The third-order valence-corrected chi connectivity index (χ3v) is 5.34. The Bertz CT molecular complexity index is 1160. The lowest BCUT2D eigenvalue weighted by molar-refractivity contribution is 0.0697. The fourth-order valence-corrected chi connectivity index (χ4v) is 3.66. The maximum absolute atomic E-state index is 13.0. The van der Waals surface area contributed by atoms with Gasteiger partial charge >= 0.3 is 11.7 Å². The normalized spacial score (nSPS) is 10.5. The number of hydrogen-bond acceptors (Lipinski definition) is 2. The summed E-state index contributed by atoms with van der Waals surface area (Å²) in [6.07, 6.45) is 5.66. The molecule has 2 aromatic carbocycles. The predicted octanol–water partition coefficient (Wildman–Crippen LogP) is 4.82. The number of hydrogen-bond donors (Lipinski definition) is 1. The van der Waals surface area contributed by atoms with E-state index in [4.69, 9.17) is 0 Å². The molecule has 3 aromatic rings. The van der Waals surface area contributed by atoms with Gasteiger partial charge in [-0.05, 0) is 36.1 Å². The number of aryl methyl sites for hydroxylation is 1. The molecule has 0 fully saturated rings. The topological polar surface area (TPSA) is 64.2 Å². The highest BCUT2D eigenvalue weighted by atomic mass is 16.4. The van der Waals surface area contributed by atoms with Crippen molar-refractivity contribution in [1.82, 2.24) is 9.13 Å². The third-order valence-electron chi connectivity index (χ3n) is 5.34. The van der Waals surface area contributed by atoms with Crippen molar-refractivity contribution in [3.8, 4) is 23.0 Å². The molecule has 1 heterocycles. The van der Waals surface area contributed by atoms with Gasteiger partial charge in [0.1, 0.15) is 0 Å². The van der Waals surface area contributed by atoms with E-state index in [9.17, 15) is 14.7 Å². The number of carbonyl (C=O) groups is 1. The van der Waals surface area contributed by atoms with Crippen LogP contribution in [-0.4, -0.2) is 20.2 Å². The highest BCUT2D eigenvalue weighted by Crippen LogP contribution is 2.24. The number of nitrogens with zero attached hydrogens (tertiary/aromatic N) is 2. The first kappa shape index (κ1) is 22.2. The van der Waals surface area contributed by atoms with Crippen LogP contribution in [0.1, 0.15) is 54.7 Å². The standard InChI is InChI=1S/C26H28N2O3/c1-3-5-9-17-27-19-22(10-6-4-2)28(26(27)31)18-20-13-15-21(16-14-20)23-11-7-8-12-24(23)25(29)30/h7-8,11-16,19H,3,5,9-10,17-18H2,1-2H3,(H,29,30). The molecule has 0 radical (unpaired) electrons. The van der Waals surface area contributed by atoms with Crippen LogP contribution < -0.4 is 5.69 Å². The van der Waals surface area contributed by atoms with Crippen LogP contribution in [0.2, 0.25) is 0 Å². The minimum atomic E-state index is -0.947. The number of rotatable bonds is 9. The highest BCUT2D eigenvalue weighted by molar-refractivity contribution is 5.95. The zero-order valence-corrected chi connectivity index (χ0v) is 18.1. The zero-order chi connectivity index (χ0) is 22.2. The van der Waals surface area contributed by atoms with Gasteiger partial charge in [-0.3, -0.25) is 9.13 Å². The first-order chi connectivity index (χ1) is 15.0. The Hall–Kier alpha value is -3.52. The van der Waals surface area contributed by atoms with Crippen LogP contribution >= 0.6 is 0 Å². The fourth-order valence-electron chi connectivity index (χ4n) is 3.66. The number of imidazole rings is 1. The third kappa shape index (κ3) is 5.35. The van der Waals surface area contributed by atoms with Crippen molar-refractivity contribution in [2.45, 2.75) is 52.6 Å². The van der Waals surface area contributed by atoms with Gasteiger partial charge in [-0.15, -0.1) is 5.92 Å². The summed E-state index contributed by atoms with van der Waals surface area (Å²) in [6.45, 7) is 5.13.